The van der Waals surface area contributed by atoms with Gasteiger partial charge in [0.25, 0.3) is 5.91 Å². The molecule has 170 valence electrons. The molecule has 3 saturated heterocycles. The topological polar surface area (TPSA) is 74.6 Å². The summed E-state index contributed by atoms with van der Waals surface area (Å²) in [7, 11) is 0. The van der Waals surface area contributed by atoms with Crippen LogP contribution in [0.1, 0.15) is 42.7 Å². The van der Waals surface area contributed by atoms with Crippen LogP contribution in [0.2, 0.25) is 0 Å². The van der Waals surface area contributed by atoms with Gasteiger partial charge < -0.3 is 20.0 Å². The molecule has 1 aromatic heterocycles. The summed E-state index contributed by atoms with van der Waals surface area (Å²) >= 11 is 0. The van der Waals surface area contributed by atoms with E-state index in [9.17, 15) is 9.59 Å². The Morgan fingerprint density at radius 1 is 0.970 bits per heavy atom. The smallest absolute Gasteiger partial charge is 0.287 e. The van der Waals surface area contributed by atoms with Crippen molar-refractivity contribution in [2.24, 2.45) is 11.8 Å². The van der Waals surface area contributed by atoms with Crippen molar-refractivity contribution in [1.29, 1.82) is 0 Å². The first-order valence-electron chi connectivity index (χ1n) is 12.1. The van der Waals surface area contributed by atoms with Gasteiger partial charge in [-0.15, -0.1) is 0 Å². The van der Waals surface area contributed by atoms with Gasteiger partial charge in [0.2, 0.25) is 5.91 Å². The number of nitrogens with zero attached hydrogens (tertiary/aromatic N) is 1. The molecule has 1 saturated carbocycles. The van der Waals surface area contributed by atoms with E-state index in [1.807, 2.05) is 48.5 Å². The van der Waals surface area contributed by atoms with Crippen molar-refractivity contribution in [3.63, 3.8) is 0 Å². The van der Waals surface area contributed by atoms with Gasteiger partial charge in [0.1, 0.15) is 5.58 Å². The van der Waals surface area contributed by atoms with Gasteiger partial charge in [0.15, 0.2) is 5.76 Å². The summed E-state index contributed by atoms with van der Waals surface area (Å²) in [6.45, 7) is 3.22. The standard InChI is InChI=1S/C27H29N3O3/c31-26(18-4-1-5-18)28-21-8-2-6-19(14-21)22-9-3-7-20-15-24(33-25(20)22)27(32)29-23-16-30-12-10-17(23)11-13-30/h2-3,6-9,14-15,17-18,23H,1,4-5,10-13,16H2,(H,28,31)(H,29,32). The van der Waals surface area contributed by atoms with Crippen LogP contribution >= 0.6 is 0 Å². The number of hydrogen-bond donors (Lipinski definition) is 2. The first-order valence-corrected chi connectivity index (χ1v) is 12.1. The molecule has 7 rings (SSSR count). The summed E-state index contributed by atoms with van der Waals surface area (Å²) in [5.41, 5.74) is 3.34. The lowest BCUT2D eigenvalue weighted by molar-refractivity contribution is -0.122. The minimum absolute atomic E-state index is 0.0984. The Kier molecular flexibility index (Phi) is 5.18. The molecule has 3 aliphatic heterocycles. The van der Waals surface area contributed by atoms with Crippen LogP contribution in [-0.4, -0.2) is 42.4 Å². The molecule has 3 aromatic rings. The van der Waals surface area contributed by atoms with Crippen LogP contribution in [0.3, 0.4) is 0 Å². The molecule has 4 fully saturated rings. The van der Waals surface area contributed by atoms with E-state index in [-0.39, 0.29) is 23.8 Å². The van der Waals surface area contributed by atoms with Crippen molar-refractivity contribution >= 4 is 28.5 Å². The second kappa shape index (κ2) is 8.34. The molecule has 2 bridgehead atoms. The Hall–Kier alpha value is -3.12. The highest BCUT2D eigenvalue weighted by Crippen LogP contribution is 2.34. The van der Waals surface area contributed by atoms with Crippen LogP contribution in [0.15, 0.2) is 52.9 Å². The largest absolute Gasteiger partial charge is 0.450 e. The van der Waals surface area contributed by atoms with Gasteiger partial charge in [-0.1, -0.05) is 36.8 Å². The Morgan fingerprint density at radius 2 is 1.79 bits per heavy atom. The molecular formula is C27H29N3O3. The van der Waals surface area contributed by atoms with E-state index >= 15 is 0 Å². The van der Waals surface area contributed by atoms with Crippen LogP contribution in [0.4, 0.5) is 5.69 Å². The monoisotopic (exact) mass is 443 g/mol. The number of fused-ring (bicyclic) bond motifs is 4. The van der Waals surface area contributed by atoms with Gasteiger partial charge in [-0.2, -0.15) is 0 Å². The summed E-state index contributed by atoms with van der Waals surface area (Å²) in [5.74, 6) is 1.01. The fraction of sp³-hybridized carbons (Fsp3) is 0.407. The molecule has 2 aromatic carbocycles. The lowest BCUT2D eigenvalue weighted by atomic mass is 9.84. The van der Waals surface area contributed by atoms with Crippen LogP contribution < -0.4 is 10.6 Å². The lowest BCUT2D eigenvalue weighted by Gasteiger charge is -2.44. The summed E-state index contributed by atoms with van der Waals surface area (Å²) in [6.07, 6.45) is 5.39. The second-order valence-corrected chi connectivity index (χ2v) is 9.75. The van der Waals surface area contributed by atoms with E-state index in [0.29, 0.717) is 17.3 Å². The van der Waals surface area contributed by atoms with Gasteiger partial charge >= 0.3 is 0 Å². The molecule has 2 amide bonds. The van der Waals surface area contributed by atoms with Crippen molar-refractivity contribution in [3.8, 4) is 11.1 Å². The average molecular weight is 444 g/mol. The Bertz CT molecular complexity index is 1200. The third kappa shape index (κ3) is 3.93. The zero-order chi connectivity index (χ0) is 22.4. The molecule has 6 nitrogen and oxygen atoms in total. The molecule has 0 spiro atoms. The van der Waals surface area contributed by atoms with Crippen LogP contribution in [-0.2, 0) is 4.79 Å². The number of carbonyl (C=O) groups excluding carboxylic acids is 2. The molecule has 1 unspecified atom stereocenters. The van der Waals surface area contributed by atoms with Gasteiger partial charge in [-0.3, -0.25) is 9.59 Å². The molecule has 1 aliphatic carbocycles. The lowest BCUT2D eigenvalue weighted by Crippen LogP contribution is -2.57. The third-order valence-electron chi connectivity index (χ3n) is 7.66. The predicted molar refractivity (Wildman–Crippen MR) is 128 cm³/mol. The first kappa shape index (κ1) is 20.5. The maximum atomic E-state index is 13.0. The number of amides is 2. The molecule has 0 radical (unpaired) electrons. The number of rotatable bonds is 5. The van der Waals surface area contributed by atoms with Gasteiger partial charge in [-0.05, 0) is 68.5 Å². The normalized spacial score (nSPS) is 24.4. The number of carbonyl (C=O) groups is 2. The van der Waals surface area contributed by atoms with E-state index in [1.165, 1.54) is 0 Å². The number of furan rings is 1. The zero-order valence-corrected chi connectivity index (χ0v) is 18.7. The highest BCUT2D eigenvalue weighted by Gasteiger charge is 2.35. The van der Waals surface area contributed by atoms with Crippen molar-refractivity contribution in [3.05, 3.63) is 54.3 Å². The Morgan fingerprint density at radius 3 is 2.52 bits per heavy atom. The maximum Gasteiger partial charge on any atom is 0.287 e. The predicted octanol–water partition coefficient (Wildman–Crippen LogP) is 4.66. The quantitative estimate of drug-likeness (QED) is 0.601. The minimum atomic E-state index is -0.141. The van der Waals surface area contributed by atoms with Crippen molar-refractivity contribution in [2.75, 3.05) is 25.0 Å². The zero-order valence-electron chi connectivity index (χ0n) is 18.7. The molecule has 1 atom stereocenters. The molecule has 6 heteroatoms. The average Bonchev–Trinajstić information content (AvgIpc) is 3.23. The van der Waals surface area contributed by atoms with Crippen molar-refractivity contribution < 1.29 is 14.0 Å². The fourth-order valence-electron chi connectivity index (χ4n) is 5.45. The van der Waals surface area contributed by atoms with Crippen LogP contribution in [0.25, 0.3) is 22.1 Å². The second-order valence-electron chi connectivity index (χ2n) is 9.75. The highest BCUT2D eigenvalue weighted by molar-refractivity contribution is 6.01. The van der Waals surface area contributed by atoms with Crippen LogP contribution in [0.5, 0.6) is 0 Å². The summed E-state index contributed by atoms with van der Waals surface area (Å²) in [5, 5.41) is 7.16. The maximum absolute atomic E-state index is 13.0. The van der Waals surface area contributed by atoms with E-state index in [4.69, 9.17) is 4.42 Å². The van der Waals surface area contributed by atoms with Gasteiger partial charge in [-0.25, -0.2) is 0 Å². The molecule has 33 heavy (non-hydrogen) atoms. The Labute approximate surface area is 193 Å². The van der Waals surface area contributed by atoms with E-state index < -0.39 is 0 Å². The third-order valence-corrected chi connectivity index (χ3v) is 7.66. The van der Waals surface area contributed by atoms with E-state index in [2.05, 4.69) is 15.5 Å². The number of hydrogen-bond acceptors (Lipinski definition) is 4. The molecule has 2 N–H and O–H groups in total. The van der Waals surface area contributed by atoms with Gasteiger partial charge in [0.05, 0.1) is 0 Å². The number of nitrogens with one attached hydrogen (secondary N) is 2. The Balaban J connectivity index is 1.24. The molecule has 4 aliphatic rings. The number of piperidine rings is 3. The highest BCUT2D eigenvalue weighted by atomic mass is 16.3. The fourth-order valence-corrected chi connectivity index (χ4v) is 5.45. The minimum Gasteiger partial charge on any atom is -0.450 e. The van der Waals surface area contributed by atoms with E-state index in [0.717, 1.165) is 73.9 Å². The van der Waals surface area contributed by atoms with Crippen LogP contribution in [0, 0.1) is 11.8 Å². The van der Waals surface area contributed by atoms with Crippen molar-refractivity contribution in [2.45, 2.75) is 38.1 Å². The first-order chi connectivity index (χ1) is 16.1. The number of benzene rings is 2. The molecule has 4 heterocycles. The SMILES string of the molecule is O=C(NC1CN2CCC1CC2)c1cc2cccc(-c3cccc(NC(=O)C4CCC4)c3)c2o1. The summed E-state index contributed by atoms with van der Waals surface area (Å²) in [6, 6.07) is 15.8. The van der Waals surface area contributed by atoms with E-state index in [1.54, 1.807) is 0 Å². The number of para-hydroxylation sites is 1. The summed E-state index contributed by atoms with van der Waals surface area (Å²) < 4.78 is 6.11. The summed E-state index contributed by atoms with van der Waals surface area (Å²) in [4.78, 5) is 27.8. The van der Waals surface area contributed by atoms with Gasteiger partial charge in [0, 0.05) is 35.1 Å². The van der Waals surface area contributed by atoms with Crippen molar-refractivity contribution in [1.82, 2.24) is 10.2 Å². The number of anilines is 1. The molecular weight excluding hydrogens is 414 g/mol.